The zero-order chi connectivity index (χ0) is 5.28. The molecular weight excluding hydrogens is 110 g/mol. The predicted octanol–water partition coefficient (Wildman–Crippen LogP) is -0.0717. The van der Waals surface area contributed by atoms with Crippen LogP contribution in [0.5, 0.6) is 0 Å². The molecule has 1 atom stereocenters. The van der Waals surface area contributed by atoms with Gasteiger partial charge in [0.2, 0.25) is 5.91 Å². The van der Waals surface area contributed by atoms with Gasteiger partial charge in [0.25, 0.3) is 0 Å². The van der Waals surface area contributed by atoms with Crippen LogP contribution in [-0.4, -0.2) is 11.3 Å². The third-order valence-electron chi connectivity index (χ3n) is 0.720. The first-order valence-electron chi connectivity index (χ1n) is 1.96. The van der Waals surface area contributed by atoms with Gasteiger partial charge < -0.3 is 5.32 Å². The SMILES string of the molecule is O=C1C=CC(S)N1. The summed E-state index contributed by atoms with van der Waals surface area (Å²) in [7, 11) is 0. The second-order valence-corrected chi connectivity index (χ2v) is 1.87. The lowest BCUT2D eigenvalue weighted by Crippen LogP contribution is -2.20. The van der Waals surface area contributed by atoms with Gasteiger partial charge in [0.05, 0.1) is 5.37 Å². The molecular formula is C4H5NOS. The normalized spacial score (nSPS) is 28.1. The van der Waals surface area contributed by atoms with Crippen LogP contribution in [0.1, 0.15) is 0 Å². The summed E-state index contributed by atoms with van der Waals surface area (Å²) < 4.78 is 0. The van der Waals surface area contributed by atoms with Gasteiger partial charge in [-0.3, -0.25) is 4.79 Å². The van der Waals surface area contributed by atoms with Crippen LogP contribution in [0.25, 0.3) is 0 Å². The van der Waals surface area contributed by atoms with Crippen molar-refractivity contribution >= 4 is 18.5 Å². The fourth-order valence-corrected chi connectivity index (χ4v) is 0.634. The number of nitrogens with one attached hydrogen (secondary N) is 1. The first-order chi connectivity index (χ1) is 3.29. The van der Waals surface area contributed by atoms with E-state index in [1.165, 1.54) is 6.08 Å². The maximum absolute atomic E-state index is 10.2. The van der Waals surface area contributed by atoms with E-state index in [0.29, 0.717) is 0 Å². The second kappa shape index (κ2) is 1.58. The third kappa shape index (κ3) is 0.962. The maximum atomic E-state index is 10.2. The quantitative estimate of drug-likeness (QED) is 0.425. The molecule has 1 heterocycles. The summed E-state index contributed by atoms with van der Waals surface area (Å²) in [5.41, 5.74) is 0. The number of thiol groups is 1. The third-order valence-corrected chi connectivity index (χ3v) is 1.02. The Bertz CT molecular complexity index is 121. The Labute approximate surface area is 47.0 Å². The van der Waals surface area contributed by atoms with Crippen LogP contribution in [-0.2, 0) is 4.79 Å². The zero-order valence-electron chi connectivity index (χ0n) is 3.59. The van der Waals surface area contributed by atoms with Gasteiger partial charge in [-0.1, -0.05) is 0 Å². The van der Waals surface area contributed by atoms with Crippen molar-refractivity contribution in [1.29, 1.82) is 0 Å². The molecule has 0 fully saturated rings. The summed E-state index contributed by atoms with van der Waals surface area (Å²) in [5.74, 6) is -0.0556. The van der Waals surface area contributed by atoms with Crippen molar-refractivity contribution in [2.75, 3.05) is 0 Å². The van der Waals surface area contributed by atoms with Crippen molar-refractivity contribution in [2.45, 2.75) is 5.37 Å². The maximum Gasteiger partial charge on any atom is 0.244 e. The molecule has 1 rings (SSSR count). The van der Waals surface area contributed by atoms with E-state index in [9.17, 15) is 4.79 Å². The van der Waals surface area contributed by atoms with Crippen LogP contribution in [0.4, 0.5) is 0 Å². The lowest BCUT2D eigenvalue weighted by molar-refractivity contribution is -0.115. The van der Waals surface area contributed by atoms with Crippen molar-refractivity contribution in [3.8, 4) is 0 Å². The van der Waals surface area contributed by atoms with Crippen LogP contribution in [0.3, 0.4) is 0 Å². The van der Waals surface area contributed by atoms with Gasteiger partial charge in [-0.25, -0.2) is 0 Å². The summed E-state index contributed by atoms with van der Waals surface area (Å²) in [5, 5.41) is 2.47. The Morgan fingerprint density at radius 3 is 2.71 bits per heavy atom. The van der Waals surface area contributed by atoms with Gasteiger partial charge >= 0.3 is 0 Å². The monoisotopic (exact) mass is 115 g/mol. The molecule has 1 N–H and O–H groups in total. The van der Waals surface area contributed by atoms with Crippen molar-refractivity contribution in [3.63, 3.8) is 0 Å². The van der Waals surface area contributed by atoms with Crippen LogP contribution in [0, 0.1) is 0 Å². The molecule has 7 heavy (non-hydrogen) atoms. The molecule has 1 aliphatic heterocycles. The standard InChI is InChI=1S/C4H5NOS/c6-3-1-2-4(7)5-3/h1-2,4,7H,(H,5,6). The summed E-state index contributed by atoms with van der Waals surface area (Å²) in [4.78, 5) is 10.2. The topological polar surface area (TPSA) is 29.1 Å². The highest BCUT2D eigenvalue weighted by Gasteiger charge is 2.06. The summed E-state index contributed by atoms with van der Waals surface area (Å²) in [6.07, 6.45) is 3.17. The summed E-state index contributed by atoms with van der Waals surface area (Å²) in [6, 6.07) is 0. The fraction of sp³-hybridized carbons (Fsp3) is 0.250. The summed E-state index contributed by atoms with van der Waals surface area (Å²) >= 11 is 3.93. The molecule has 0 saturated carbocycles. The molecule has 0 bridgehead atoms. The largest absolute Gasteiger partial charge is 0.337 e. The Morgan fingerprint density at radius 1 is 1.86 bits per heavy atom. The van der Waals surface area contributed by atoms with Crippen molar-refractivity contribution in [2.24, 2.45) is 0 Å². The average Bonchev–Trinajstić information content (AvgIpc) is 1.87. The van der Waals surface area contributed by atoms with Gasteiger partial charge in [0.1, 0.15) is 0 Å². The number of hydrogen-bond acceptors (Lipinski definition) is 2. The molecule has 1 amide bonds. The molecule has 0 radical (unpaired) electrons. The van der Waals surface area contributed by atoms with Crippen LogP contribution in [0.15, 0.2) is 12.2 Å². The molecule has 0 aromatic rings. The molecule has 3 heteroatoms. The van der Waals surface area contributed by atoms with Crippen LogP contribution < -0.4 is 5.32 Å². The molecule has 1 unspecified atom stereocenters. The van der Waals surface area contributed by atoms with Gasteiger partial charge in [-0.15, -0.1) is 0 Å². The van der Waals surface area contributed by atoms with Gasteiger partial charge in [-0.2, -0.15) is 12.6 Å². The second-order valence-electron chi connectivity index (χ2n) is 1.31. The highest BCUT2D eigenvalue weighted by molar-refractivity contribution is 7.81. The lowest BCUT2D eigenvalue weighted by Gasteiger charge is -1.94. The minimum absolute atomic E-state index is 0.0556. The Balaban J connectivity index is 2.58. The van der Waals surface area contributed by atoms with Crippen LogP contribution >= 0.6 is 12.6 Å². The number of rotatable bonds is 0. The van der Waals surface area contributed by atoms with Gasteiger partial charge in [0.15, 0.2) is 0 Å². The predicted molar refractivity (Wildman–Crippen MR) is 30.1 cm³/mol. The van der Waals surface area contributed by atoms with E-state index in [1.807, 2.05) is 0 Å². The Kier molecular flexibility index (Phi) is 1.06. The van der Waals surface area contributed by atoms with E-state index in [2.05, 4.69) is 17.9 Å². The Morgan fingerprint density at radius 2 is 2.57 bits per heavy atom. The summed E-state index contributed by atoms with van der Waals surface area (Å²) in [6.45, 7) is 0. The first kappa shape index (κ1) is 4.71. The minimum Gasteiger partial charge on any atom is -0.337 e. The van der Waals surface area contributed by atoms with E-state index in [0.717, 1.165) is 0 Å². The van der Waals surface area contributed by atoms with E-state index in [1.54, 1.807) is 6.08 Å². The molecule has 2 nitrogen and oxygen atoms in total. The van der Waals surface area contributed by atoms with Crippen molar-refractivity contribution in [3.05, 3.63) is 12.2 Å². The molecule has 38 valence electrons. The van der Waals surface area contributed by atoms with Gasteiger partial charge in [0, 0.05) is 6.08 Å². The number of hydrogen-bond donors (Lipinski definition) is 2. The molecule has 0 aliphatic carbocycles. The van der Waals surface area contributed by atoms with E-state index >= 15 is 0 Å². The molecule has 0 saturated heterocycles. The molecule has 0 spiro atoms. The molecule has 0 aromatic heterocycles. The van der Waals surface area contributed by atoms with Crippen molar-refractivity contribution < 1.29 is 4.79 Å². The lowest BCUT2D eigenvalue weighted by atomic mass is 10.6. The van der Waals surface area contributed by atoms with E-state index in [-0.39, 0.29) is 11.3 Å². The zero-order valence-corrected chi connectivity index (χ0v) is 4.48. The highest BCUT2D eigenvalue weighted by atomic mass is 32.1. The number of carbonyl (C=O) groups excluding carboxylic acids is 1. The fourth-order valence-electron chi connectivity index (χ4n) is 0.421. The van der Waals surface area contributed by atoms with Crippen LogP contribution in [0.2, 0.25) is 0 Å². The Hall–Kier alpha value is -0.440. The number of carbonyl (C=O) groups is 1. The average molecular weight is 115 g/mol. The van der Waals surface area contributed by atoms with E-state index < -0.39 is 0 Å². The smallest absolute Gasteiger partial charge is 0.244 e. The van der Waals surface area contributed by atoms with E-state index in [4.69, 9.17) is 0 Å². The minimum atomic E-state index is -0.0625. The molecule has 0 aromatic carbocycles. The first-order valence-corrected chi connectivity index (χ1v) is 2.47. The molecule has 1 aliphatic rings. The van der Waals surface area contributed by atoms with Crippen molar-refractivity contribution in [1.82, 2.24) is 5.32 Å². The van der Waals surface area contributed by atoms with Gasteiger partial charge in [-0.05, 0) is 6.08 Å². The number of amides is 1. The highest BCUT2D eigenvalue weighted by Crippen LogP contribution is 1.97.